The molecule has 0 aliphatic carbocycles. The molecule has 0 spiro atoms. The van der Waals surface area contributed by atoms with Gasteiger partial charge >= 0.3 is 0 Å². The van der Waals surface area contributed by atoms with Gasteiger partial charge in [-0.1, -0.05) is 18.2 Å². The van der Waals surface area contributed by atoms with Crippen molar-refractivity contribution in [3.05, 3.63) is 48.0 Å². The zero-order valence-corrected chi connectivity index (χ0v) is 19.9. The van der Waals surface area contributed by atoms with Crippen molar-refractivity contribution in [2.24, 2.45) is 0 Å². The number of benzene rings is 2. The lowest BCUT2D eigenvalue weighted by Gasteiger charge is -2.22. The van der Waals surface area contributed by atoms with Crippen LogP contribution in [-0.4, -0.2) is 51.2 Å². The number of rotatable bonds is 10. The average Bonchev–Trinajstić information content (AvgIpc) is 2.75. The number of phenolic OH excluding ortho intramolecular Hbond substituents is 1. The lowest BCUT2D eigenvalue weighted by atomic mass is 10.0. The van der Waals surface area contributed by atoms with Crippen LogP contribution in [0.1, 0.15) is 45.6 Å². The number of hydrogen-bond acceptors (Lipinski definition) is 5. The second-order valence-electron chi connectivity index (χ2n) is 8.91. The van der Waals surface area contributed by atoms with Crippen LogP contribution >= 0.6 is 0 Å². The van der Waals surface area contributed by atoms with E-state index in [1.807, 2.05) is 38.1 Å². The van der Waals surface area contributed by atoms with Crippen LogP contribution in [0.3, 0.4) is 0 Å². The Kier molecular flexibility index (Phi) is 7.84. The molecule has 1 amide bonds. The number of aromatic nitrogens is 2. The first-order valence-corrected chi connectivity index (χ1v) is 11.5. The van der Waals surface area contributed by atoms with E-state index < -0.39 is 5.67 Å². The minimum Gasteiger partial charge on any atom is -0.507 e. The summed E-state index contributed by atoms with van der Waals surface area (Å²) in [4.78, 5) is 23.7. The molecule has 2 aromatic carbocycles. The van der Waals surface area contributed by atoms with Gasteiger partial charge in [-0.05, 0) is 70.4 Å². The topological polar surface area (TPSA) is 78.3 Å². The van der Waals surface area contributed by atoms with E-state index in [4.69, 9.17) is 0 Å². The molecule has 0 fully saturated rings. The first-order valence-electron chi connectivity index (χ1n) is 11.5. The molecule has 3 rings (SSSR count). The first-order chi connectivity index (χ1) is 15.7. The number of carbonyl (C=O) groups is 1. The standard InChI is InChI=1S/C26H33FN4O2/c1-5-31(23(33)11-8-14-26(3,4)27)16-15-28-24-19-13-12-18(2)17-21(19)29-25(30-24)20-9-6-7-10-22(20)32/h6-7,9-10,12-13,17,32H,5,8,11,14-16H2,1-4H3,(H,28,29,30). The van der Waals surface area contributed by atoms with Crippen molar-refractivity contribution in [3.8, 4) is 17.1 Å². The molecule has 0 saturated carbocycles. The summed E-state index contributed by atoms with van der Waals surface area (Å²) in [5, 5.41) is 14.5. The normalized spacial score (nSPS) is 11.5. The van der Waals surface area contributed by atoms with Gasteiger partial charge in [0.25, 0.3) is 0 Å². The number of aryl methyl sites for hydroxylation is 1. The van der Waals surface area contributed by atoms with Crippen LogP contribution < -0.4 is 5.32 Å². The molecule has 1 heterocycles. The van der Waals surface area contributed by atoms with Crippen LogP contribution in [0.4, 0.5) is 10.2 Å². The number of para-hydroxylation sites is 1. The summed E-state index contributed by atoms with van der Waals surface area (Å²) in [5.74, 6) is 1.24. The molecule has 176 valence electrons. The van der Waals surface area contributed by atoms with E-state index in [1.54, 1.807) is 23.1 Å². The Morgan fingerprint density at radius 2 is 1.94 bits per heavy atom. The van der Waals surface area contributed by atoms with Gasteiger partial charge in [-0.15, -0.1) is 0 Å². The highest BCUT2D eigenvalue weighted by Gasteiger charge is 2.18. The summed E-state index contributed by atoms with van der Waals surface area (Å²) in [7, 11) is 0. The number of alkyl halides is 1. The van der Waals surface area contributed by atoms with Gasteiger partial charge < -0.3 is 15.3 Å². The third-order valence-corrected chi connectivity index (χ3v) is 5.57. The SMILES string of the molecule is CCN(CCNc1nc(-c2ccccc2O)nc2cc(C)ccc12)C(=O)CCCC(C)(C)F. The molecular formula is C26H33FN4O2. The number of likely N-dealkylation sites (N-methyl/N-ethyl adjacent to an activating group) is 1. The van der Waals surface area contributed by atoms with Gasteiger partial charge in [-0.3, -0.25) is 4.79 Å². The number of anilines is 1. The van der Waals surface area contributed by atoms with Crippen molar-refractivity contribution in [1.29, 1.82) is 0 Å². The molecule has 0 aliphatic heterocycles. The fraction of sp³-hybridized carbons (Fsp3) is 0.423. The van der Waals surface area contributed by atoms with Crippen molar-refractivity contribution in [1.82, 2.24) is 14.9 Å². The number of fused-ring (bicyclic) bond motifs is 1. The fourth-order valence-electron chi connectivity index (χ4n) is 3.74. The summed E-state index contributed by atoms with van der Waals surface area (Å²) in [6.45, 7) is 8.63. The van der Waals surface area contributed by atoms with Crippen molar-refractivity contribution in [3.63, 3.8) is 0 Å². The molecule has 2 N–H and O–H groups in total. The maximum absolute atomic E-state index is 13.7. The van der Waals surface area contributed by atoms with Crippen molar-refractivity contribution < 1.29 is 14.3 Å². The van der Waals surface area contributed by atoms with Gasteiger partial charge in [0.1, 0.15) is 17.2 Å². The highest BCUT2D eigenvalue weighted by molar-refractivity contribution is 5.91. The molecule has 0 bridgehead atoms. The van der Waals surface area contributed by atoms with Crippen molar-refractivity contribution in [2.45, 2.75) is 52.6 Å². The van der Waals surface area contributed by atoms with Crippen LogP contribution in [0.2, 0.25) is 0 Å². The van der Waals surface area contributed by atoms with E-state index in [1.165, 1.54) is 13.8 Å². The number of halogens is 1. The average molecular weight is 453 g/mol. The zero-order valence-electron chi connectivity index (χ0n) is 19.9. The summed E-state index contributed by atoms with van der Waals surface area (Å²) < 4.78 is 13.7. The molecule has 3 aromatic rings. The van der Waals surface area contributed by atoms with Crippen LogP contribution in [0.25, 0.3) is 22.3 Å². The van der Waals surface area contributed by atoms with E-state index in [-0.39, 0.29) is 11.7 Å². The summed E-state index contributed by atoms with van der Waals surface area (Å²) in [5.41, 5.74) is 1.17. The predicted octanol–water partition coefficient (Wildman–Crippen LogP) is 5.49. The second-order valence-corrected chi connectivity index (χ2v) is 8.91. The van der Waals surface area contributed by atoms with E-state index in [2.05, 4.69) is 15.3 Å². The first kappa shape index (κ1) is 24.4. The van der Waals surface area contributed by atoms with E-state index in [0.717, 1.165) is 16.5 Å². The highest BCUT2D eigenvalue weighted by Crippen LogP contribution is 2.30. The zero-order chi connectivity index (χ0) is 24.0. The Morgan fingerprint density at radius 3 is 2.64 bits per heavy atom. The molecule has 0 unspecified atom stereocenters. The second kappa shape index (κ2) is 10.6. The highest BCUT2D eigenvalue weighted by atomic mass is 19.1. The van der Waals surface area contributed by atoms with Gasteiger partial charge in [0.2, 0.25) is 5.91 Å². The molecule has 33 heavy (non-hydrogen) atoms. The molecule has 7 heteroatoms. The number of phenols is 1. The number of amides is 1. The van der Waals surface area contributed by atoms with Crippen molar-refractivity contribution in [2.75, 3.05) is 25.0 Å². The van der Waals surface area contributed by atoms with Crippen LogP contribution in [0.15, 0.2) is 42.5 Å². The van der Waals surface area contributed by atoms with Gasteiger partial charge in [0, 0.05) is 31.4 Å². The van der Waals surface area contributed by atoms with Gasteiger partial charge in [0.15, 0.2) is 5.82 Å². The molecule has 0 atom stereocenters. The Bertz CT molecular complexity index is 1110. The number of nitrogens with zero attached hydrogens (tertiary/aromatic N) is 3. The van der Waals surface area contributed by atoms with Crippen LogP contribution in [0, 0.1) is 6.92 Å². The molecular weight excluding hydrogens is 419 g/mol. The molecule has 6 nitrogen and oxygen atoms in total. The third kappa shape index (κ3) is 6.63. The third-order valence-electron chi connectivity index (χ3n) is 5.57. The summed E-state index contributed by atoms with van der Waals surface area (Å²) in [6.07, 6.45) is 1.25. The largest absolute Gasteiger partial charge is 0.507 e. The minimum atomic E-state index is -1.25. The Balaban J connectivity index is 1.75. The van der Waals surface area contributed by atoms with E-state index >= 15 is 0 Å². The Morgan fingerprint density at radius 1 is 1.18 bits per heavy atom. The Labute approximate surface area is 194 Å². The molecule has 1 aromatic heterocycles. The molecule has 0 saturated heterocycles. The monoisotopic (exact) mass is 452 g/mol. The Hall–Kier alpha value is -3.22. The molecule has 0 radical (unpaired) electrons. The maximum Gasteiger partial charge on any atom is 0.222 e. The molecule has 0 aliphatic rings. The predicted molar refractivity (Wildman–Crippen MR) is 131 cm³/mol. The minimum absolute atomic E-state index is 0.0293. The quantitative estimate of drug-likeness (QED) is 0.425. The summed E-state index contributed by atoms with van der Waals surface area (Å²) >= 11 is 0. The van der Waals surface area contributed by atoms with Crippen LogP contribution in [-0.2, 0) is 4.79 Å². The van der Waals surface area contributed by atoms with E-state index in [9.17, 15) is 14.3 Å². The van der Waals surface area contributed by atoms with E-state index in [0.29, 0.717) is 56.1 Å². The van der Waals surface area contributed by atoms with Gasteiger partial charge in [0.05, 0.1) is 11.1 Å². The number of carbonyl (C=O) groups excluding carboxylic acids is 1. The smallest absolute Gasteiger partial charge is 0.222 e. The maximum atomic E-state index is 13.7. The lowest BCUT2D eigenvalue weighted by Crippen LogP contribution is -2.35. The van der Waals surface area contributed by atoms with Crippen molar-refractivity contribution >= 4 is 22.6 Å². The van der Waals surface area contributed by atoms with Gasteiger partial charge in [-0.2, -0.15) is 0 Å². The fourth-order valence-corrected chi connectivity index (χ4v) is 3.74. The number of hydrogen-bond donors (Lipinski definition) is 2. The lowest BCUT2D eigenvalue weighted by molar-refractivity contribution is -0.131. The number of aromatic hydroxyl groups is 1. The van der Waals surface area contributed by atoms with Gasteiger partial charge in [-0.25, -0.2) is 14.4 Å². The van der Waals surface area contributed by atoms with Crippen LogP contribution in [0.5, 0.6) is 5.75 Å². The number of nitrogens with one attached hydrogen (secondary N) is 1. The summed E-state index contributed by atoms with van der Waals surface area (Å²) in [6, 6.07) is 13.0.